The molecule has 0 bridgehead atoms. The van der Waals surface area contributed by atoms with Crippen molar-refractivity contribution in [1.82, 2.24) is 9.38 Å². The molecule has 23 heavy (non-hydrogen) atoms. The molecule has 0 saturated heterocycles. The van der Waals surface area contributed by atoms with Crippen molar-refractivity contribution < 1.29 is 8.42 Å². The first kappa shape index (κ1) is 15.0. The SMILES string of the molecule is CC1CCc2ccc(NS(=O)(=O)c3c(Cl)nc4sccn34)cc21. The van der Waals surface area contributed by atoms with Crippen LogP contribution in [-0.2, 0) is 16.4 Å². The highest BCUT2D eigenvalue weighted by atomic mass is 35.5. The van der Waals surface area contributed by atoms with Crippen molar-refractivity contribution in [3.63, 3.8) is 0 Å². The van der Waals surface area contributed by atoms with E-state index in [2.05, 4.69) is 16.6 Å². The Morgan fingerprint density at radius 2 is 2.26 bits per heavy atom. The molecule has 0 aliphatic heterocycles. The zero-order chi connectivity index (χ0) is 16.2. The van der Waals surface area contributed by atoms with E-state index in [9.17, 15) is 8.42 Å². The molecule has 0 fully saturated rings. The summed E-state index contributed by atoms with van der Waals surface area (Å²) in [6.07, 6.45) is 3.81. The Balaban J connectivity index is 1.75. The van der Waals surface area contributed by atoms with E-state index in [1.807, 2.05) is 12.1 Å². The number of anilines is 1. The average molecular weight is 368 g/mol. The van der Waals surface area contributed by atoms with E-state index in [0.717, 1.165) is 12.8 Å². The van der Waals surface area contributed by atoms with Crippen LogP contribution in [-0.4, -0.2) is 17.8 Å². The number of fused-ring (bicyclic) bond motifs is 2. The van der Waals surface area contributed by atoms with Crippen LogP contribution in [0.3, 0.4) is 0 Å². The van der Waals surface area contributed by atoms with Crippen molar-refractivity contribution >= 4 is 43.6 Å². The number of thiazole rings is 1. The lowest BCUT2D eigenvalue weighted by atomic mass is 10.0. The smallest absolute Gasteiger partial charge is 0.278 e. The normalized spacial score (nSPS) is 17.6. The molecule has 0 amide bonds. The van der Waals surface area contributed by atoms with Crippen molar-refractivity contribution in [2.75, 3.05) is 4.72 Å². The van der Waals surface area contributed by atoms with Gasteiger partial charge in [-0.25, -0.2) is 4.98 Å². The molecule has 120 valence electrons. The summed E-state index contributed by atoms with van der Waals surface area (Å²) < 4.78 is 29.6. The maximum absolute atomic E-state index is 12.7. The number of aryl methyl sites for hydroxylation is 1. The van der Waals surface area contributed by atoms with Gasteiger partial charge in [-0.15, -0.1) is 11.3 Å². The van der Waals surface area contributed by atoms with Crippen molar-refractivity contribution in [2.45, 2.75) is 30.7 Å². The predicted octanol–water partition coefficient (Wildman–Crippen LogP) is 3.90. The average Bonchev–Trinajstić information content (AvgIpc) is 3.13. The Bertz CT molecular complexity index is 1010. The number of imidazole rings is 1. The Hall–Kier alpha value is -1.57. The molecular weight excluding hydrogens is 354 g/mol. The van der Waals surface area contributed by atoms with Gasteiger partial charge in [0.1, 0.15) is 0 Å². The monoisotopic (exact) mass is 367 g/mol. The third-order valence-corrected chi connectivity index (χ3v) is 6.74. The Kier molecular flexibility index (Phi) is 3.40. The zero-order valence-electron chi connectivity index (χ0n) is 12.3. The highest BCUT2D eigenvalue weighted by molar-refractivity contribution is 7.92. The fourth-order valence-corrected chi connectivity index (χ4v) is 5.56. The minimum atomic E-state index is -3.81. The maximum atomic E-state index is 12.7. The van der Waals surface area contributed by atoms with Crippen LogP contribution in [0.2, 0.25) is 5.15 Å². The number of halogens is 1. The fraction of sp³-hybridized carbons (Fsp3) is 0.267. The van der Waals surface area contributed by atoms with Crippen LogP contribution in [0.5, 0.6) is 0 Å². The van der Waals surface area contributed by atoms with Crippen LogP contribution < -0.4 is 4.72 Å². The van der Waals surface area contributed by atoms with Crippen molar-refractivity contribution in [3.8, 4) is 0 Å². The third-order valence-electron chi connectivity index (χ3n) is 4.21. The second-order valence-corrected chi connectivity index (χ2v) is 8.55. The lowest BCUT2D eigenvalue weighted by molar-refractivity contribution is 0.596. The number of nitrogens with one attached hydrogen (secondary N) is 1. The van der Waals surface area contributed by atoms with Crippen molar-refractivity contribution in [3.05, 3.63) is 46.1 Å². The second-order valence-electron chi connectivity index (χ2n) is 5.72. The quantitative estimate of drug-likeness (QED) is 0.763. The number of hydrogen-bond acceptors (Lipinski definition) is 4. The van der Waals surface area contributed by atoms with Gasteiger partial charge in [0.25, 0.3) is 10.0 Å². The Morgan fingerprint density at radius 1 is 1.43 bits per heavy atom. The van der Waals surface area contributed by atoms with Gasteiger partial charge in [0, 0.05) is 17.3 Å². The van der Waals surface area contributed by atoms with E-state index in [1.54, 1.807) is 17.6 Å². The van der Waals surface area contributed by atoms with Crippen LogP contribution in [0, 0.1) is 0 Å². The maximum Gasteiger partial charge on any atom is 0.281 e. The van der Waals surface area contributed by atoms with Gasteiger partial charge in [-0.2, -0.15) is 8.42 Å². The Morgan fingerprint density at radius 3 is 3.09 bits per heavy atom. The first-order valence-corrected chi connectivity index (χ1v) is 9.96. The summed E-state index contributed by atoms with van der Waals surface area (Å²) in [4.78, 5) is 4.63. The van der Waals surface area contributed by atoms with Crippen LogP contribution in [0.4, 0.5) is 5.69 Å². The molecule has 0 saturated carbocycles. The largest absolute Gasteiger partial charge is 0.281 e. The number of nitrogens with zero attached hydrogens (tertiary/aromatic N) is 2. The number of benzene rings is 1. The number of aromatic nitrogens is 2. The van der Waals surface area contributed by atoms with Gasteiger partial charge in [-0.05, 0) is 42.0 Å². The molecule has 0 radical (unpaired) electrons. The fourth-order valence-electron chi connectivity index (χ4n) is 3.05. The summed E-state index contributed by atoms with van der Waals surface area (Å²) in [6.45, 7) is 2.16. The third kappa shape index (κ3) is 2.43. The molecule has 1 aromatic carbocycles. The van der Waals surface area contributed by atoms with Gasteiger partial charge in [-0.3, -0.25) is 9.12 Å². The van der Waals surface area contributed by atoms with Gasteiger partial charge in [-0.1, -0.05) is 24.6 Å². The molecule has 1 N–H and O–H groups in total. The van der Waals surface area contributed by atoms with Gasteiger partial charge in [0.15, 0.2) is 15.1 Å². The number of sulfonamides is 1. The van der Waals surface area contributed by atoms with E-state index in [0.29, 0.717) is 16.6 Å². The van der Waals surface area contributed by atoms with Crippen LogP contribution in [0.25, 0.3) is 4.96 Å². The summed E-state index contributed by atoms with van der Waals surface area (Å²) in [6, 6.07) is 5.72. The molecule has 2 aromatic heterocycles. The molecule has 4 rings (SSSR count). The van der Waals surface area contributed by atoms with E-state index in [1.165, 1.54) is 26.9 Å². The molecule has 3 aromatic rings. The summed E-state index contributed by atoms with van der Waals surface area (Å²) >= 11 is 7.37. The molecule has 1 atom stereocenters. The number of rotatable bonds is 3. The molecular formula is C15H14ClN3O2S2. The first-order chi connectivity index (χ1) is 11.0. The number of hydrogen-bond donors (Lipinski definition) is 1. The molecule has 5 nitrogen and oxygen atoms in total. The first-order valence-electron chi connectivity index (χ1n) is 7.22. The summed E-state index contributed by atoms with van der Waals surface area (Å²) in [5, 5.41) is 1.73. The summed E-state index contributed by atoms with van der Waals surface area (Å²) in [5.41, 5.74) is 3.06. The molecule has 1 aliphatic rings. The van der Waals surface area contributed by atoms with E-state index in [4.69, 9.17) is 11.6 Å². The lowest BCUT2D eigenvalue weighted by Crippen LogP contribution is -2.15. The van der Waals surface area contributed by atoms with Gasteiger partial charge in [0.05, 0.1) is 0 Å². The van der Waals surface area contributed by atoms with Crippen molar-refractivity contribution in [2.24, 2.45) is 0 Å². The lowest BCUT2D eigenvalue weighted by Gasteiger charge is -2.11. The molecule has 1 aliphatic carbocycles. The highest BCUT2D eigenvalue weighted by Gasteiger charge is 2.26. The van der Waals surface area contributed by atoms with Gasteiger partial charge in [0.2, 0.25) is 0 Å². The van der Waals surface area contributed by atoms with Gasteiger partial charge >= 0.3 is 0 Å². The van der Waals surface area contributed by atoms with E-state index < -0.39 is 10.0 Å². The molecule has 1 unspecified atom stereocenters. The predicted molar refractivity (Wildman–Crippen MR) is 92.1 cm³/mol. The van der Waals surface area contributed by atoms with Crippen molar-refractivity contribution in [1.29, 1.82) is 0 Å². The zero-order valence-corrected chi connectivity index (χ0v) is 14.7. The minimum Gasteiger partial charge on any atom is -0.278 e. The van der Waals surface area contributed by atoms with Crippen LogP contribution >= 0.6 is 22.9 Å². The van der Waals surface area contributed by atoms with Crippen LogP contribution in [0.15, 0.2) is 34.8 Å². The highest BCUT2D eigenvalue weighted by Crippen LogP contribution is 2.35. The summed E-state index contributed by atoms with van der Waals surface area (Å²) in [7, 11) is -3.81. The van der Waals surface area contributed by atoms with Crippen LogP contribution in [0.1, 0.15) is 30.4 Å². The van der Waals surface area contributed by atoms with E-state index in [-0.39, 0.29) is 10.2 Å². The van der Waals surface area contributed by atoms with Gasteiger partial charge < -0.3 is 0 Å². The van der Waals surface area contributed by atoms with E-state index >= 15 is 0 Å². The molecule has 2 heterocycles. The topological polar surface area (TPSA) is 63.5 Å². The standard InChI is InChI=1S/C15H14ClN3O2S2/c1-9-2-3-10-4-5-11(8-12(9)10)18-23(20,21)14-13(16)17-15-19(14)6-7-22-15/h4-9,18H,2-3H2,1H3. The summed E-state index contributed by atoms with van der Waals surface area (Å²) in [5.74, 6) is 0.455. The molecule has 8 heteroatoms. The Labute approximate surface area is 143 Å². The second kappa shape index (κ2) is 5.22. The molecule has 0 spiro atoms. The minimum absolute atomic E-state index is 0.0149.